The third-order valence-corrected chi connectivity index (χ3v) is 5.07. The van der Waals surface area contributed by atoms with Crippen LogP contribution in [0.4, 0.5) is 4.39 Å². The molecular formula is C23H24FN7O5. The van der Waals surface area contributed by atoms with E-state index < -0.39 is 40.9 Å². The molecule has 3 aromatic heterocycles. The largest absolute Gasteiger partial charge is 0.417 e. The minimum absolute atomic E-state index is 0.0577. The van der Waals surface area contributed by atoms with Crippen molar-refractivity contribution in [3.63, 3.8) is 0 Å². The summed E-state index contributed by atoms with van der Waals surface area (Å²) in [5.41, 5.74) is 0.265. The Balaban J connectivity index is 1.55. The third kappa shape index (κ3) is 5.24. The van der Waals surface area contributed by atoms with Crippen LogP contribution in [0.5, 0.6) is 0 Å². The summed E-state index contributed by atoms with van der Waals surface area (Å²) in [7, 11) is 0. The lowest BCUT2D eigenvalue weighted by atomic mass is 10.1. The Morgan fingerprint density at radius 3 is 2.67 bits per heavy atom. The number of amides is 3. The molecule has 0 radical (unpaired) electrons. The van der Waals surface area contributed by atoms with Crippen LogP contribution in [0, 0.1) is 5.82 Å². The van der Waals surface area contributed by atoms with E-state index in [9.17, 15) is 23.6 Å². The summed E-state index contributed by atoms with van der Waals surface area (Å²) >= 11 is 0. The first-order valence-corrected chi connectivity index (χ1v) is 11.0. The van der Waals surface area contributed by atoms with Gasteiger partial charge in [-0.1, -0.05) is 6.07 Å². The van der Waals surface area contributed by atoms with Crippen LogP contribution in [-0.2, 0) is 11.3 Å². The average Bonchev–Trinajstić information content (AvgIpc) is 3.36. The van der Waals surface area contributed by atoms with Crippen molar-refractivity contribution >= 4 is 34.5 Å². The standard InChI is InChI=1S/C23H24FN7O5/c1-11(19(32)30-23(2,3)4)27-21(34)16-8-15(28-18-13(24)10-26-31(16)18)20(33)25-9-12-5-6-17-14(7-12)29-22(35)36-17/h5-8,10-11H,9H2,1-4H3,(H,25,33)(H,27,34)(H,29,35)(H,30,32)/t11-/m0/s1. The number of benzene rings is 1. The van der Waals surface area contributed by atoms with E-state index in [4.69, 9.17) is 4.42 Å². The van der Waals surface area contributed by atoms with Gasteiger partial charge in [0.05, 0.1) is 11.7 Å². The second-order valence-electron chi connectivity index (χ2n) is 9.22. The molecule has 3 amide bonds. The molecule has 13 heteroatoms. The zero-order chi connectivity index (χ0) is 26.2. The minimum Gasteiger partial charge on any atom is -0.408 e. The number of oxazole rings is 1. The Morgan fingerprint density at radius 1 is 1.19 bits per heavy atom. The molecule has 4 N–H and O–H groups in total. The number of carbonyl (C=O) groups excluding carboxylic acids is 3. The molecule has 0 unspecified atom stereocenters. The number of halogens is 1. The zero-order valence-electron chi connectivity index (χ0n) is 19.9. The van der Waals surface area contributed by atoms with Gasteiger partial charge in [0.25, 0.3) is 11.8 Å². The molecule has 0 aliphatic heterocycles. The fraction of sp³-hybridized carbons (Fsp3) is 0.304. The SMILES string of the molecule is C[C@H](NC(=O)c1cc(C(=O)NCc2ccc3oc(=O)[nH]c3c2)nc2c(F)cnn12)C(=O)NC(C)(C)C. The molecule has 4 aromatic rings. The number of aromatic amines is 1. The number of carbonyl (C=O) groups is 3. The van der Waals surface area contributed by atoms with Gasteiger partial charge in [-0.05, 0) is 45.4 Å². The van der Waals surface area contributed by atoms with Crippen molar-refractivity contribution in [3.8, 4) is 0 Å². The predicted octanol–water partition coefficient (Wildman–Crippen LogP) is 1.27. The normalized spacial score (nSPS) is 12.5. The summed E-state index contributed by atoms with van der Waals surface area (Å²) in [6.07, 6.45) is 0.872. The molecule has 0 spiro atoms. The van der Waals surface area contributed by atoms with Gasteiger partial charge in [0.15, 0.2) is 17.0 Å². The van der Waals surface area contributed by atoms with Crippen LogP contribution in [0.3, 0.4) is 0 Å². The van der Waals surface area contributed by atoms with Crippen LogP contribution < -0.4 is 21.7 Å². The van der Waals surface area contributed by atoms with Crippen LogP contribution in [-0.4, -0.2) is 48.9 Å². The number of hydrogen-bond donors (Lipinski definition) is 4. The predicted molar refractivity (Wildman–Crippen MR) is 126 cm³/mol. The van der Waals surface area contributed by atoms with Crippen molar-refractivity contribution in [2.75, 3.05) is 0 Å². The fourth-order valence-corrected chi connectivity index (χ4v) is 3.41. The van der Waals surface area contributed by atoms with E-state index in [2.05, 4.69) is 31.0 Å². The molecule has 36 heavy (non-hydrogen) atoms. The zero-order valence-corrected chi connectivity index (χ0v) is 19.9. The molecule has 0 aliphatic carbocycles. The molecule has 188 valence electrons. The van der Waals surface area contributed by atoms with E-state index in [0.29, 0.717) is 16.7 Å². The van der Waals surface area contributed by atoms with Crippen LogP contribution in [0.15, 0.2) is 39.7 Å². The van der Waals surface area contributed by atoms with E-state index in [1.54, 1.807) is 39.0 Å². The molecule has 0 bridgehead atoms. The summed E-state index contributed by atoms with van der Waals surface area (Å²) < 4.78 is 20.2. The second-order valence-corrected chi connectivity index (χ2v) is 9.22. The maximum absolute atomic E-state index is 14.3. The number of aromatic nitrogens is 4. The van der Waals surface area contributed by atoms with Crippen LogP contribution in [0.1, 0.15) is 54.2 Å². The van der Waals surface area contributed by atoms with Gasteiger partial charge in [-0.3, -0.25) is 19.4 Å². The van der Waals surface area contributed by atoms with Gasteiger partial charge >= 0.3 is 5.76 Å². The van der Waals surface area contributed by atoms with Gasteiger partial charge in [0.1, 0.15) is 17.4 Å². The van der Waals surface area contributed by atoms with E-state index in [1.165, 1.54) is 6.92 Å². The summed E-state index contributed by atoms with van der Waals surface area (Å²) in [6.45, 7) is 6.96. The van der Waals surface area contributed by atoms with E-state index in [1.807, 2.05) is 0 Å². The molecule has 0 saturated heterocycles. The molecular weight excluding hydrogens is 473 g/mol. The monoisotopic (exact) mass is 497 g/mol. The minimum atomic E-state index is -0.915. The molecule has 0 saturated carbocycles. The van der Waals surface area contributed by atoms with Crippen molar-refractivity contribution < 1.29 is 23.2 Å². The molecule has 3 heterocycles. The van der Waals surface area contributed by atoms with Gasteiger partial charge < -0.3 is 20.4 Å². The Morgan fingerprint density at radius 2 is 1.94 bits per heavy atom. The lowest BCUT2D eigenvalue weighted by molar-refractivity contribution is -0.124. The van der Waals surface area contributed by atoms with Crippen molar-refractivity contribution in [2.45, 2.75) is 45.8 Å². The third-order valence-electron chi connectivity index (χ3n) is 5.07. The first-order chi connectivity index (χ1) is 16.9. The summed E-state index contributed by atoms with van der Waals surface area (Å²) in [4.78, 5) is 56.0. The van der Waals surface area contributed by atoms with Crippen molar-refractivity contribution in [1.82, 2.24) is 35.5 Å². The quantitative estimate of drug-likeness (QED) is 0.312. The van der Waals surface area contributed by atoms with Gasteiger partial charge in [-0.25, -0.2) is 18.7 Å². The number of fused-ring (bicyclic) bond motifs is 2. The van der Waals surface area contributed by atoms with E-state index in [0.717, 1.165) is 16.8 Å². The van der Waals surface area contributed by atoms with Crippen molar-refractivity contribution in [3.05, 3.63) is 63.8 Å². The van der Waals surface area contributed by atoms with Crippen molar-refractivity contribution in [1.29, 1.82) is 0 Å². The Hall–Kier alpha value is -4.55. The first kappa shape index (κ1) is 24.6. The molecule has 1 atom stereocenters. The number of rotatable bonds is 6. The smallest absolute Gasteiger partial charge is 0.408 e. The summed E-state index contributed by atoms with van der Waals surface area (Å²) in [5, 5.41) is 11.8. The van der Waals surface area contributed by atoms with Gasteiger partial charge in [0, 0.05) is 18.2 Å². The van der Waals surface area contributed by atoms with Gasteiger partial charge in [-0.2, -0.15) is 5.10 Å². The molecule has 12 nitrogen and oxygen atoms in total. The Bertz CT molecular complexity index is 1550. The molecule has 0 aliphatic rings. The number of H-pyrrole nitrogens is 1. The topological polar surface area (TPSA) is 163 Å². The Kier molecular flexibility index (Phi) is 6.31. The second kappa shape index (κ2) is 9.24. The lowest BCUT2D eigenvalue weighted by Crippen LogP contribution is -2.51. The van der Waals surface area contributed by atoms with Gasteiger partial charge in [0.2, 0.25) is 5.91 Å². The van der Waals surface area contributed by atoms with E-state index in [-0.39, 0.29) is 23.6 Å². The number of nitrogens with one attached hydrogen (secondary N) is 4. The lowest BCUT2D eigenvalue weighted by Gasteiger charge is -2.23. The average molecular weight is 497 g/mol. The van der Waals surface area contributed by atoms with E-state index >= 15 is 0 Å². The fourth-order valence-electron chi connectivity index (χ4n) is 3.41. The molecule has 0 fully saturated rings. The summed E-state index contributed by atoms with van der Waals surface area (Å²) in [5.74, 6) is -3.26. The number of nitrogens with zero attached hydrogens (tertiary/aromatic N) is 3. The molecule has 4 rings (SSSR count). The summed E-state index contributed by atoms with van der Waals surface area (Å²) in [6, 6.07) is 5.13. The van der Waals surface area contributed by atoms with Crippen LogP contribution in [0.25, 0.3) is 16.7 Å². The Labute approximate surface area is 203 Å². The maximum atomic E-state index is 14.3. The van der Waals surface area contributed by atoms with Crippen LogP contribution in [0.2, 0.25) is 0 Å². The highest BCUT2D eigenvalue weighted by molar-refractivity contribution is 6.00. The highest BCUT2D eigenvalue weighted by atomic mass is 19.1. The van der Waals surface area contributed by atoms with Gasteiger partial charge in [-0.15, -0.1) is 0 Å². The number of hydrogen-bond acceptors (Lipinski definition) is 7. The first-order valence-electron chi connectivity index (χ1n) is 11.0. The van der Waals surface area contributed by atoms with Crippen LogP contribution >= 0.6 is 0 Å². The van der Waals surface area contributed by atoms with Crippen molar-refractivity contribution in [2.24, 2.45) is 0 Å². The molecule has 1 aromatic carbocycles. The highest BCUT2D eigenvalue weighted by Gasteiger charge is 2.24. The maximum Gasteiger partial charge on any atom is 0.417 e. The highest BCUT2D eigenvalue weighted by Crippen LogP contribution is 2.14.